The molecule has 0 aliphatic rings. The Morgan fingerprint density at radius 2 is 1.93 bits per heavy atom. The molecule has 0 aromatic heterocycles. The normalized spacial score (nSPS) is 10.1. The molecule has 0 saturated heterocycles. The molecule has 0 aliphatic heterocycles. The Morgan fingerprint density at radius 1 is 1.19 bits per heavy atom. The lowest BCUT2D eigenvalue weighted by molar-refractivity contribution is -0.120. The number of hydrazone groups is 1. The molecule has 0 saturated carbocycles. The highest BCUT2D eigenvalue weighted by Crippen LogP contribution is 2.15. The number of carbonyl (C=O) groups is 2. The van der Waals surface area contributed by atoms with Gasteiger partial charge in [0.15, 0.2) is 0 Å². The number of para-hydroxylation sites is 1. The van der Waals surface area contributed by atoms with Crippen LogP contribution in [-0.4, -0.2) is 38.3 Å². The minimum atomic E-state index is -0.463. The number of benzene rings is 2. The summed E-state index contributed by atoms with van der Waals surface area (Å²) < 4.78 is 10.4. The minimum absolute atomic E-state index is 0.134. The second-order valence-electron chi connectivity index (χ2n) is 5.23. The highest BCUT2D eigenvalue weighted by atomic mass is 16.5. The first kappa shape index (κ1) is 19.5. The lowest BCUT2D eigenvalue weighted by Gasteiger charge is -2.06. The quantitative estimate of drug-likeness (QED) is 0.422. The van der Waals surface area contributed by atoms with Crippen molar-refractivity contribution in [3.05, 3.63) is 59.7 Å². The molecule has 0 atom stereocenters. The topological polar surface area (TPSA) is 89.0 Å². The molecule has 0 bridgehead atoms. The van der Waals surface area contributed by atoms with Crippen LogP contribution in [-0.2, 0) is 4.79 Å². The molecule has 0 unspecified atom stereocenters. The van der Waals surface area contributed by atoms with E-state index in [1.165, 1.54) is 6.21 Å². The van der Waals surface area contributed by atoms with Crippen LogP contribution in [0.2, 0.25) is 0 Å². The molecule has 0 fully saturated rings. The Hall–Kier alpha value is -3.79. The summed E-state index contributed by atoms with van der Waals surface area (Å²) in [6, 6.07) is 13.7. The lowest BCUT2D eigenvalue weighted by Crippen LogP contribution is -2.34. The van der Waals surface area contributed by atoms with Gasteiger partial charge in [-0.1, -0.05) is 18.1 Å². The first-order chi connectivity index (χ1) is 13.1. The molecule has 2 aromatic rings. The van der Waals surface area contributed by atoms with Gasteiger partial charge in [-0.2, -0.15) is 5.10 Å². The number of terminal acetylenes is 1. The number of nitrogens with one attached hydrogen (secondary N) is 2. The van der Waals surface area contributed by atoms with E-state index in [-0.39, 0.29) is 19.1 Å². The molecule has 2 aromatic carbocycles. The number of amides is 2. The van der Waals surface area contributed by atoms with Crippen molar-refractivity contribution in [2.75, 3.05) is 20.3 Å². The average molecular weight is 365 g/mol. The number of hydrogen-bond donors (Lipinski definition) is 2. The van der Waals surface area contributed by atoms with Crippen molar-refractivity contribution in [1.29, 1.82) is 0 Å². The van der Waals surface area contributed by atoms with Gasteiger partial charge in [-0.3, -0.25) is 9.59 Å². The van der Waals surface area contributed by atoms with Gasteiger partial charge in [-0.25, -0.2) is 5.43 Å². The number of carbonyl (C=O) groups excluding carboxylic acids is 2. The number of hydrogen-bond acceptors (Lipinski definition) is 5. The first-order valence-electron chi connectivity index (χ1n) is 8.03. The summed E-state index contributed by atoms with van der Waals surface area (Å²) in [6.45, 7) is -0.0773. The standard InChI is InChI=1S/C20H19N3O4/c1-3-12-27-18-7-5-4-6-16(18)13-22-23-19(24)14-21-20(25)15-8-10-17(26-2)11-9-15/h1,4-11,13H,12,14H2,2H3,(H,21,25)(H,23,24). The number of methoxy groups -OCH3 is 1. The molecule has 0 spiro atoms. The maximum Gasteiger partial charge on any atom is 0.259 e. The molecule has 138 valence electrons. The third-order valence-corrected chi connectivity index (χ3v) is 3.38. The molecular formula is C20H19N3O4. The van der Waals surface area contributed by atoms with Crippen molar-refractivity contribution in [2.24, 2.45) is 5.10 Å². The van der Waals surface area contributed by atoms with E-state index < -0.39 is 5.91 Å². The van der Waals surface area contributed by atoms with Gasteiger partial charge < -0.3 is 14.8 Å². The summed E-state index contributed by atoms with van der Waals surface area (Å²) in [5, 5.41) is 6.37. The largest absolute Gasteiger partial charge is 0.497 e. The molecule has 0 radical (unpaired) electrons. The Bertz CT molecular complexity index is 854. The lowest BCUT2D eigenvalue weighted by atomic mass is 10.2. The van der Waals surface area contributed by atoms with Crippen LogP contribution in [0.3, 0.4) is 0 Å². The summed E-state index contributed by atoms with van der Waals surface area (Å²) in [6.07, 6.45) is 6.61. The molecule has 2 N–H and O–H groups in total. The van der Waals surface area contributed by atoms with Gasteiger partial charge in [0, 0.05) is 11.1 Å². The molecule has 2 rings (SSSR count). The van der Waals surface area contributed by atoms with Gasteiger partial charge in [0.1, 0.15) is 18.1 Å². The van der Waals surface area contributed by atoms with E-state index >= 15 is 0 Å². The summed E-state index contributed by atoms with van der Waals surface area (Å²) in [5.41, 5.74) is 3.42. The molecule has 27 heavy (non-hydrogen) atoms. The first-order valence-corrected chi connectivity index (χ1v) is 8.03. The van der Waals surface area contributed by atoms with E-state index in [1.54, 1.807) is 55.6 Å². The van der Waals surface area contributed by atoms with Crippen molar-refractivity contribution >= 4 is 18.0 Å². The van der Waals surface area contributed by atoms with Crippen molar-refractivity contribution in [3.8, 4) is 23.8 Å². The van der Waals surface area contributed by atoms with E-state index in [2.05, 4.69) is 21.8 Å². The third-order valence-electron chi connectivity index (χ3n) is 3.38. The highest BCUT2D eigenvalue weighted by molar-refractivity contribution is 5.96. The van der Waals surface area contributed by atoms with Crippen LogP contribution >= 0.6 is 0 Å². The highest BCUT2D eigenvalue weighted by Gasteiger charge is 2.08. The molecule has 7 heteroatoms. The van der Waals surface area contributed by atoms with E-state index in [0.717, 1.165) is 0 Å². The summed E-state index contributed by atoms with van der Waals surface area (Å²) >= 11 is 0. The van der Waals surface area contributed by atoms with Crippen LogP contribution in [0.1, 0.15) is 15.9 Å². The second-order valence-corrected chi connectivity index (χ2v) is 5.23. The van der Waals surface area contributed by atoms with Crippen LogP contribution < -0.4 is 20.2 Å². The fraction of sp³-hybridized carbons (Fsp3) is 0.150. The van der Waals surface area contributed by atoms with Crippen LogP contribution in [0, 0.1) is 12.3 Å². The van der Waals surface area contributed by atoms with Gasteiger partial charge in [0.2, 0.25) is 0 Å². The zero-order valence-electron chi connectivity index (χ0n) is 14.8. The van der Waals surface area contributed by atoms with E-state index in [0.29, 0.717) is 22.6 Å². The smallest absolute Gasteiger partial charge is 0.259 e. The van der Waals surface area contributed by atoms with Gasteiger partial charge >= 0.3 is 0 Å². The van der Waals surface area contributed by atoms with Gasteiger partial charge in [0.05, 0.1) is 19.9 Å². The van der Waals surface area contributed by atoms with Gasteiger partial charge in [0.25, 0.3) is 11.8 Å². The maximum atomic E-state index is 12.0. The summed E-state index contributed by atoms with van der Waals surface area (Å²) in [7, 11) is 1.54. The van der Waals surface area contributed by atoms with Gasteiger partial charge in [-0.15, -0.1) is 6.42 Å². The number of ether oxygens (including phenoxy) is 2. The van der Waals surface area contributed by atoms with Crippen molar-refractivity contribution in [3.63, 3.8) is 0 Å². The second kappa shape index (κ2) is 10.3. The fourth-order valence-electron chi connectivity index (χ4n) is 2.06. The molecule has 0 heterocycles. The van der Waals surface area contributed by atoms with Crippen LogP contribution in [0.15, 0.2) is 53.6 Å². The van der Waals surface area contributed by atoms with E-state index in [1.807, 2.05) is 0 Å². The number of nitrogens with zero attached hydrogens (tertiary/aromatic N) is 1. The number of rotatable bonds is 8. The minimum Gasteiger partial charge on any atom is -0.497 e. The van der Waals surface area contributed by atoms with Crippen LogP contribution in [0.5, 0.6) is 11.5 Å². The summed E-state index contributed by atoms with van der Waals surface area (Å²) in [4.78, 5) is 23.8. The average Bonchev–Trinajstić information content (AvgIpc) is 2.71. The molecule has 7 nitrogen and oxygen atoms in total. The molecule has 2 amide bonds. The Labute approximate surface area is 157 Å². The van der Waals surface area contributed by atoms with Crippen LogP contribution in [0.4, 0.5) is 0 Å². The summed E-state index contributed by atoms with van der Waals surface area (Å²) in [5.74, 6) is 2.75. The fourth-order valence-corrected chi connectivity index (χ4v) is 2.06. The zero-order chi connectivity index (χ0) is 19.5. The Morgan fingerprint density at radius 3 is 2.63 bits per heavy atom. The third kappa shape index (κ3) is 6.21. The molecular weight excluding hydrogens is 346 g/mol. The van der Waals surface area contributed by atoms with Gasteiger partial charge in [-0.05, 0) is 36.4 Å². The predicted molar refractivity (Wildman–Crippen MR) is 102 cm³/mol. The predicted octanol–water partition coefficient (Wildman–Crippen LogP) is 1.59. The Kier molecular flexibility index (Phi) is 7.42. The van der Waals surface area contributed by atoms with Crippen molar-refractivity contribution in [2.45, 2.75) is 0 Å². The maximum absolute atomic E-state index is 12.0. The SMILES string of the molecule is C#CCOc1ccccc1C=NNC(=O)CNC(=O)c1ccc(OC)cc1. The monoisotopic (exact) mass is 365 g/mol. The van der Waals surface area contributed by atoms with Crippen molar-refractivity contribution < 1.29 is 19.1 Å². The molecule has 0 aliphatic carbocycles. The van der Waals surface area contributed by atoms with E-state index in [4.69, 9.17) is 15.9 Å². The van der Waals surface area contributed by atoms with Crippen molar-refractivity contribution in [1.82, 2.24) is 10.7 Å². The zero-order valence-corrected chi connectivity index (χ0v) is 14.8. The van der Waals surface area contributed by atoms with Crippen LogP contribution in [0.25, 0.3) is 0 Å². The van der Waals surface area contributed by atoms with E-state index in [9.17, 15) is 9.59 Å². The Balaban J connectivity index is 1.83.